The highest BCUT2D eigenvalue weighted by Crippen LogP contribution is 2.44. The van der Waals surface area contributed by atoms with E-state index in [1.807, 2.05) is 0 Å². The van der Waals surface area contributed by atoms with Crippen LogP contribution in [0.2, 0.25) is 25.2 Å². The first-order valence-electron chi connectivity index (χ1n) is 4.81. The summed E-state index contributed by atoms with van der Waals surface area (Å²) in [5.41, 5.74) is 5.28. The maximum atomic E-state index is 11.1. The molecule has 0 aromatic carbocycles. The van der Waals surface area contributed by atoms with Gasteiger partial charge in [-0.3, -0.25) is 4.79 Å². The molecular weight excluding hydrogens is 182 g/mol. The van der Waals surface area contributed by atoms with E-state index < -0.39 is 19.6 Å². The zero-order valence-corrected chi connectivity index (χ0v) is 9.63. The lowest BCUT2D eigenvalue weighted by Crippen LogP contribution is -2.54. The maximum absolute atomic E-state index is 11.1. The molecule has 0 heterocycles. The molecule has 3 N–H and O–H groups in total. The molecule has 0 amide bonds. The minimum Gasteiger partial charge on any atom is -0.480 e. The Labute approximate surface area is 80.3 Å². The molecule has 1 fully saturated rings. The third-order valence-electron chi connectivity index (χ3n) is 3.15. The molecule has 0 saturated heterocycles. The van der Waals surface area contributed by atoms with Crippen LogP contribution in [0.3, 0.4) is 0 Å². The van der Waals surface area contributed by atoms with Crippen LogP contribution < -0.4 is 5.73 Å². The van der Waals surface area contributed by atoms with Crippen molar-refractivity contribution in [3.05, 3.63) is 0 Å². The SMILES string of the molecule is C[Si](C)(C)C1CCCC1(N)C(=O)O. The fourth-order valence-corrected chi connectivity index (χ4v) is 5.38. The lowest BCUT2D eigenvalue weighted by Gasteiger charge is -2.35. The molecule has 1 rings (SSSR count). The molecule has 0 aliphatic heterocycles. The van der Waals surface area contributed by atoms with Gasteiger partial charge in [-0.15, -0.1) is 0 Å². The fraction of sp³-hybridized carbons (Fsp3) is 0.889. The molecule has 4 heteroatoms. The van der Waals surface area contributed by atoms with E-state index in [4.69, 9.17) is 10.8 Å². The molecular formula is C9H19NO2Si. The van der Waals surface area contributed by atoms with Crippen molar-refractivity contribution in [2.75, 3.05) is 0 Å². The van der Waals surface area contributed by atoms with E-state index in [9.17, 15) is 4.79 Å². The molecule has 0 bridgehead atoms. The van der Waals surface area contributed by atoms with Crippen LogP contribution in [0, 0.1) is 0 Å². The van der Waals surface area contributed by atoms with Gasteiger partial charge in [0.15, 0.2) is 0 Å². The predicted molar refractivity (Wildman–Crippen MR) is 55.5 cm³/mol. The fourth-order valence-electron chi connectivity index (χ4n) is 2.49. The van der Waals surface area contributed by atoms with E-state index in [1.54, 1.807) is 0 Å². The summed E-state index contributed by atoms with van der Waals surface area (Å²) in [4.78, 5) is 11.1. The van der Waals surface area contributed by atoms with Gasteiger partial charge < -0.3 is 10.8 Å². The minimum atomic E-state index is -1.43. The van der Waals surface area contributed by atoms with Crippen molar-refractivity contribution >= 4 is 14.0 Å². The summed E-state index contributed by atoms with van der Waals surface area (Å²) >= 11 is 0. The second kappa shape index (κ2) is 3.10. The molecule has 3 nitrogen and oxygen atoms in total. The summed E-state index contributed by atoms with van der Waals surface area (Å²) < 4.78 is 0. The zero-order valence-electron chi connectivity index (χ0n) is 8.63. The third-order valence-corrected chi connectivity index (χ3v) is 6.04. The quantitative estimate of drug-likeness (QED) is 0.668. The van der Waals surface area contributed by atoms with Gasteiger partial charge in [-0.05, 0) is 12.0 Å². The first-order valence-corrected chi connectivity index (χ1v) is 8.38. The maximum Gasteiger partial charge on any atom is 0.323 e. The number of rotatable bonds is 2. The van der Waals surface area contributed by atoms with Crippen molar-refractivity contribution in [2.24, 2.45) is 5.73 Å². The molecule has 0 spiro atoms. The third kappa shape index (κ3) is 1.78. The Bertz CT molecular complexity index is 224. The van der Waals surface area contributed by atoms with Crippen LogP contribution in [0.4, 0.5) is 0 Å². The van der Waals surface area contributed by atoms with Crippen LogP contribution >= 0.6 is 0 Å². The van der Waals surface area contributed by atoms with Crippen molar-refractivity contribution in [2.45, 2.75) is 50.0 Å². The lowest BCUT2D eigenvalue weighted by molar-refractivity contribution is -0.143. The predicted octanol–water partition coefficient (Wildman–Crippen LogP) is 1.66. The Balaban J connectivity index is 2.93. The highest BCUT2D eigenvalue weighted by molar-refractivity contribution is 6.78. The smallest absolute Gasteiger partial charge is 0.323 e. The molecule has 0 radical (unpaired) electrons. The first-order chi connectivity index (χ1) is 5.78. The van der Waals surface area contributed by atoms with Crippen molar-refractivity contribution in [3.63, 3.8) is 0 Å². The van der Waals surface area contributed by atoms with Crippen LogP contribution in [-0.4, -0.2) is 24.7 Å². The number of carboxylic acids is 1. The van der Waals surface area contributed by atoms with Gasteiger partial charge in [-0.2, -0.15) is 0 Å². The number of carboxylic acid groups (broad SMARTS) is 1. The van der Waals surface area contributed by atoms with E-state index in [2.05, 4.69) is 19.6 Å². The second-order valence-electron chi connectivity index (χ2n) is 5.16. The van der Waals surface area contributed by atoms with Crippen LogP contribution in [0.25, 0.3) is 0 Å². The standard InChI is InChI=1S/C9H19NO2Si/c1-13(2,3)7-5-4-6-9(7,10)8(11)12/h7H,4-6,10H2,1-3H3,(H,11,12). The minimum absolute atomic E-state index is 0.234. The average molecular weight is 201 g/mol. The molecule has 1 aliphatic carbocycles. The first kappa shape index (κ1) is 10.7. The monoisotopic (exact) mass is 201 g/mol. The Morgan fingerprint density at radius 3 is 2.38 bits per heavy atom. The molecule has 13 heavy (non-hydrogen) atoms. The number of hydrogen-bond acceptors (Lipinski definition) is 2. The van der Waals surface area contributed by atoms with Crippen LogP contribution in [0.5, 0.6) is 0 Å². The van der Waals surface area contributed by atoms with E-state index in [0.717, 1.165) is 12.8 Å². The van der Waals surface area contributed by atoms with Crippen molar-refractivity contribution in [3.8, 4) is 0 Å². The van der Waals surface area contributed by atoms with Crippen LogP contribution in [-0.2, 0) is 4.79 Å². The second-order valence-corrected chi connectivity index (χ2v) is 10.6. The van der Waals surface area contributed by atoms with Gasteiger partial charge in [-0.1, -0.05) is 32.5 Å². The van der Waals surface area contributed by atoms with Crippen molar-refractivity contribution in [1.29, 1.82) is 0 Å². The molecule has 76 valence electrons. The largest absolute Gasteiger partial charge is 0.480 e. The highest BCUT2D eigenvalue weighted by atomic mass is 28.3. The molecule has 2 atom stereocenters. The number of nitrogens with two attached hydrogens (primary N) is 1. The van der Waals surface area contributed by atoms with E-state index in [-0.39, 0.29) is 5.54 Å². The zero-order chi connectivity index (χ0) is 10.3. The molecule has 0 aromatic rings. The summed E-state index contributed by atoms with van der Waals surface area (Å²) in [6, 6.07) is 0. The number of aliphatic carboxylic acids is 1. The molecule has 0 aromatic heterocycles. The Morgan fingerprint density at radius 1 is 1.54 bits per heavy atom. The number of carbonyl (C=O) groups is 1. The van der Waals surface area contributed by atoms with Gasteiger partial charge in [0, 0.05) is 0 Å². The molecule has 1 aliphatic rings. The van der Waals surface area contributed by atoms with E-state index in [1.165, 1.54) is 0 Å². The van der Waals surface area contributed by atoms with Gasteiger partial charge >= 0.3 is 5.97 Å². The van der Waals surface area contributed by atoms with Crippen LogP contribution in [0.15, 0.2) is 0 Å². The Kier molecular flexibility index (Phi) is 2.56. The topological polar surface area (TPSA) is 63.3 Å². The Hall–Kier alpha value is -0.353. The molecule has 2 unspecified atom stereocenters. The van der Waals surface area contributed by atoms with E-state index in [0.29, 0.717) is 6.42 Å². The average Bonchev–Trinajstić information content (AvgIpc) is 2.31. The van der Waals surface area contributed by atoms with E-state index >= 15 is 0 Å². The van der Waals surface area contributed by atoms with Gasteiger partial charge in [0.25, 0.3) is 0 Å². The van der Waals surface area contributed by atoms with Crippen molar-refractivity contribution in [1.82, 2.24) is 0 Å². The van der Waals surface area contributed by atoms with Crippen LogP contribution in [0.1, 0.15) is 19.3 Å². The number of hydrogen-bond donors (Lipinski definition) is 2. The van der Waals surface area contributed by atoms with Gasteiger partial charge in [0.1, 0.15) is 5.54 Å². The summed E-state index contributed by atoms with van der Waals surface area (Å²) in [6.45, 7) is 6.61. The van der Waals surface area contributed by atoms with Gasteiger partial charge in [0.05, 0.1) is 8.07 Å². The highest BCUT2D eigenvalue weighted by Gasteiger charge is 2.51. The molecule has 1 saturated carbocycles. The lowest BCUT2D eigenvalue weighted by atomic mass is 9.99. The Morgan fingerprint density at radius 2 is 2.08 bits per heavy atom. The van der Waals surface area contributed by atoms with Gasteiger partial charge in [0.2, 0.25) is 0 Å². The normalized spacial score (nSPS) is 34.9. The van der Waals surface area contributed by atoms with Crippen molar-refractivity contribution < 1.29 is 9.90 Å². The summed E-state index contributed by atoms with van der Waals surface area (Å²) in [6.07, 6.45) is 2.62. The summed E-state index contributed by atoms with van der Waals surface area (Å²) in [7, 11) is -1.43. The summed E-state index contributed by atoms with van der Waals surface area (Å²) in [5.74, 6) is -0.808. The van der Waals surface area contributed by atoms with Gasteiger partial charge in [-0.25, -0.2) is 0 Å². The summed E-state index contributed by atoms with van der Waals surface area (Å²) in [5, 5.41) is 9.10.